The van der Waals surface area contributed by atoms with Crippen LogP contribution in [0, 0.1) is 0 Å². The summed E-state index contributed by atoms with van der Waals surface area (Å²) in [5.74, 6) is 0. The Bertz CT molecular complexity index is 261. The Morgan fingerprint density at radius 2 is 2.43 bits per heavy atom. The summed E-state index contributed by atoms with van der Waals surface area (Å²) in [5.41, 5.74) is 1.76. The number of rotatable bonds is 5. The molecule has 1 N–H and O–H groups in total. The molecule has 0 atom stereocenters. The summed E-state index contributed by atoms with van der Waals surface area (Å²) in [7, 11) is 0. The molecule has 0 amide bonds. The van der Waals surface area contributed by atoms with Crippen LogP contribution in [0.4, 0.5) is 5.13 Å². The van der Waals surface area contributed by atoms with E-state index in [1.165, 1.54) is 19.3 Å². The quantitative estimate of drug-likeness (QED) is 0.800. The van der Waals surface area contributed by atoms with Gasteiger partial charge in [-0.25, -0.2) is 0 Å². The summed E-state index contributed by atoms with van der Waals surface area (Å²) in [4.78, 5) is 2.29. The van der Waals surface area contributed by atoms with Gasteiger partial charge >= 0.3 is 0 Å². The summed E-state index contributed by atoms with van der Waals surface area (Å²) in [6, 6.07) is 0.634. The minimum Gasteiger partial charge on any atom is -0.396 e. The van der Waals surface area contributed by atoms with Crippen LogP contribution in [-0.2, 0) is 0 Å². The van der Waals surface area contributed by atoms with E-state index >= 15 is 0 Å². The topological polar surface area (TPSA) is 49.2 Å². The Morgan fingerprint density at radius 1 is 1.57 bits per heavy atom. The number of anilines is 1. The van der Waals surface area contributed by atoms with Gasteiger partial charge in [0.05, 0.1) is 0 Å². The van der Waals surface area contributed by atoms with Gasteiger partial charge in [0.2, 0.25) is 5.13 Å². The predicted octanol–water partition coefficient (Wildman–Crippen LogP) is 1.28. The molecule has 1 fully saturated rings. The SMILES string of the molecule is OCCCN(c1nncs1)C1CCC1. The normalized spacial score (nSPS) is 16.6. The number of hydrogen-bond donors (Lipinski definition) is 1. The van der Waals surface area contributed by atoms with Gasteiger partial charge in [0.25, 0.3) is 0 Å². The molecular formula is C9H15N3OS. The van der Waals surface area contributed by atoms with Crippen molar-refractivity contribution in [2.45, 2.75) is 31.7 Å². The lowest BCUT2D eigenvalue weighted by atomic mass is 9.92. The maximum atomic E-state index is 8.83. The molecule has 0 unspecified atom stereocenters. The molecule has 0 saturated heterocycles. The van der Waals surface area contributed by atoms with E-state index in [1.807, 2.05) is 0 Å². The van der Waals surface area contributed by atoms with Crippen LogP contribution in [-0.4, -0.2) is 34.5 Å². The minimum atomic E-state index is 0.252. The molecule has 1 aliphatic rings. The second-order valence-electron chi connectivity index (χ2n) is 3.58. The van der Waals surface area contributed by atoms with Crippen molar-refractivity contribution in [3.05, 3.63) is 5.51 Å². The average Bonchev–Trinajstić information content (AvgIpc) is 2.61. The van der Waals surface area contributed by atoms with Gasteiger partial charge in [-0.3, -0.25) is 0 Å². The highest BCUT2D eigenvalue weighted by molar-refractivity contribution is 7.13. The van der Waals surface area contributed by atoms with Crippen molar-refractivity contribution < 1.29 is 5.11 Å². The first-order chi connectivity index (χ1) is 6.92. The van der Waals surface area contributed by atoms with Gasteiger partial charge in [0.15, 0.2) is 0 Å². The number of nitrogens with zero attached hydrogens (tertiary/aromatic N) is 3. The summed E-state index contributed by atoms with van der Waals surface area (Å²) in [6.45, 7) is 1.15. The Labute approximate surface area is 87.6 Å². The first-order valence-corrected chi connectivity index (χ1v) is 5.93. The fraction of sp³-hybridized carbons (Fsp3) is 0.778. The third-order valence-electron chi connectivity index (χ3n) is 2.67. The van der Waals surface area contributed by atoms with Crippen LogP contribution in [0.2, 0.25) is 0 Å². The predicted molar refractivity (Wildman–Crippen MR) is 56.6 cm³/mol. The molecule has 78 valence electrons. The second kappa shape index (κ2) is 4.70. The Balaban J connectivity index is 1.98. The molecule has 2 rings (SSSR count). The van der Waals surface area contributed by atoms with Gasteiger partial charge in [0, 0.05) is 19.2 Å². The lowest BCUT2D eigenvalue weighted by molar-refractivity contribution is 0.283. The van der Waals surface area contributed by atoms with Crippen LogP contribution in [0.25, 0.3) is 0 Å². The van der Waals surface area contributed by atoms with Gasteiger partial charge in [-0.1, -0.05) is 11.3 Å². The molecule has 0 aliphatic heterocycles. The molecular weight excluding hydrogens is 198 g/mol. The van der Waals surface area contributed by atoms with E-state index in [2.05, 4.69) is 15.1 Å². The maximum Gasteiger partial charge on any atom is 0.208 e. The van der Waals surface area contributed by atoms with E-state index in [-0.39, 0.29) is 6.61 Å². The summed E-state index contributed by atoms with van der Waals surface area (Å²) in [5, 5.41) is 17.8. The number of aromatic nitrogens is 2. The maximum absolute atomic E-state index is 8.83. The monoisotopic (exact) mass is 213 g/mol. The van der Waals surface area contributed by atoms with Crippen molar-refractivity contribution in [3.63, 3.8) is 0 Å². The van der Waals surface area contributed by atoms with Crippen LogP contribution in [0.3, 0.4) is 0 Å². The largest absolute Gasteiger partial charge is 0.396 e. The standard InChI is InChI=1S/C9H15N3OS/c13-6-2-5-12(8-3-1-4-8)9-11-10-7-14-9/h7-8,13H,1-6H2. The number of aliphatic hydroxyl groups excluding tert-OH is 1. The second-order valence-corrected chi connectivity index (χ2v) is 4.39. The Morgan fingerprint density at radius 3 is 2.93 bits per heavy atom. The van der Waals surface area contributed by atoms with Gasteiger partial charge in [-0.2, -0.15) is 0 Å². The van der Waals surface area contributed by atoms with Gasteiger partial charge in [0.1, 0.15) is 5.51 Å². The van der Waals surface area contributed by atoms with E-state index < -0.39 is 0 Å². The highest BCUT2D eigenvalue weighted by Gasteiger charge is 2.26. The Hall–Kier alpha value is -0.680. The minimum absolute atomic E-state index is 0.252. The summed E-state index contributed by atoms with van der Waals surface area (Å²) in [6.07, 6.45) is 4.64. The lowest BCUT2D eigenvalue weighted by Crippen LogP contribution is -2.41. The van der Waals surface area contributed by atoms with Crippen molar-refractivity contribution in [2.24, 2.45) is 0 Å². The van der Waals surface area contributed by atoms with Crippen molar-refractivity contribution >= 4 is 16.5 Å². The van der Waals surface area contributed by atoms with Gasteiger partial charge in [-0.15, -0.1) is 10.2 Å². The molecule has 1 aromatic heterocycles. The third kappa shape index (κ3) is 2.04. The molecule has 1 saturated carbocycles. The van der Waals surface area contributed by atoms with Crippen LogP contribution in [0.15, 0.2) is 5.51 Å². The van der Waals surface area contributed by atoms with Crippen LogP contribution in [0.1, 0.15) is 25.7 Å². The molecule has 14 heavy (non-hydrogen) atoms. The third-order valence-corrected chi connectivity index (χ3v) is 3.39. The van der Waals surface area contributed by atoms with Crippen molar-refractivity contribution in [1.82, 2.24) is 10.2 Å². The lowest BCUT2D eigenvalue weighted by Gasteiger charge is -2.37. The molecule has 4 nitrogen and oxygen atoms in total. The molecule has 0 radical (unpaired) electrons. The van der Waals surface area contributed by atoms with Crippen LogP contribution >= 0.6 is 11.3 Å². The molecule has 0 bridgehead atoms. The highest BCUT2D eigenvalue weighted by atomic mass is 32.1. The van der Waals surface area contributed by atoms with E-state index in [0.29, 0.717) is 6.04 Å². The molecule has 0 spiro atoms. The van der Waals surface area contributed by atoms with Crippen molar-refractivity contribution in [3.8, 4) is 0 Å². The van der Waals surface area contributed by atoms with E-state index in [9.17, 15) is 0 Å². The van der Waals surface area contributed by atoms with E-state index in [0.717, 1.165) is 18.1 Å². The van der Waals surface area contributed by atoms with Crippen molar-refractivity contribution in [1.29, 1.82) is 0 Å². The van der Waals surface area contributed by atoms with Crippen LogP contribution in [0.5, 0.6) is 0 Å². The number of hydrogen-bond acceptors (Lipinski definition) is 5. The molecule has 1 aliphatic carbocycles. The highest BCUT2D eigenvalue weighted by Crippen LogP contribution is 2.30. The zero-order chi connectivity index (χ0) is 9.80. The summed E-state index contributed by atoms with van der Waals surface area (Å²) < 4.78 is 0. The summed E-state index contributed by atoms with van der Waals surface area (Å²) >= 11 is 1.58. The number of aliphatic hydroxyl groups is 1. The molecule has 5 heteroatoms. The fourth-order valence-electron chi connectivity index (χ4n) is 1.67. The van der Waals surface area contributed by atoms with Crippen LogP contribution < -0.4 is 4.90 Å². The Kier molecular flexibility index (Phi) is 3.31. The van der Waals surface area contributed by atoms with E-state index in [4.69, 9.17) is 5.11 Å². The fourth-order valence-corrected chi connectivity index (χ4v) is 2.32. The average molecular weight is 213 g/mol. The first kappa shape index (κ1) is 9.86. The zero-order valence-corrected chi connectivity index (χ0v) is 8.91. The zero-order valence-electron chi connectivity index (χ0n) is 8.09. The van der Waals surface area contributed by atoms with Gasteiger partial charge < -0.3 is 10.0 Å². The molecule has 1 heterocycles. The van der Waals surface area contributed by atoms with Gasteiger partial charge in [-0.05, 0) is 25.7 Å². The van der Waals surface area contributed by atoms with Crippen molar-refractivity contribution in [2.75, 3.05) is 18.1 Å². The smallest absolute Gasteiger partial charge is 0.208 e. The first-order valence-electron chi connectivity index (χ1n) is 5.05. The van der Waals surface area contributed by atoms with E-state index in [1.54, 1.807) is 16.8 Å². The molecule has 0 aromatic carbocycles. The molecule has 1 aromatic rings.